The highest BCUT2D eigenvalue weighted by Gasteiger charge is 2.12. The number of nitrogen functional groups attached to an aromatic ring is 1. The van der Waals surface area contributed by atoms with Gasteiger partial charge in [-0.3, -0.25) is 9.20 Å². The lowest BCUT2D eigenvalue weighted by atomic mass is 10.3. The molecule has 0 fully saturated rings. The molecular formula is C19H17ClN6O3S. The molecule has 0 saturated carbocycles. The van der Waals surface area contributed by atoms with Gasteiger partial charge >= 0.3 is 0 Å². The predicted octanol–water partition coefficient (Wildman–Crippen LogP) is 2.53. The van der Waals surface area contributed by atoms with Crippen molar-refractivity contribution < 1.29 is 9.47 Å². The fourth-order valence-electron chi connectivity index (χ4n) is 2.68. The number of benzene rings is 1. The predicted molar refractivity (Wildman–Crippen MR) is 114 cm³/mol. The van der Waals surface area contributed by atoms with E-state index in [2.05, 4.69) is 15.2 Å². The van der Waals surface area contributed by atoms with E-state index in [1.54, 1.807) is 25.3 Å². The molecule has 0 aliphatic heterocycles. The van der Waals surface area contributed by atoms with E-state index in [0.29, 0.717) is 44.6 Å². The van der Waals surface area contributed by atoms with E-state index in [-0.39, 0.29) is 12.2 Å². The second-order valence-electron chi connectivity index (χ2n) is 6.19. The summed E-state index contributed by atoms with van der Waals surface area (Å²) in [7, 11) is 1.59. The molecule has 3 heterocycles. The molecule has 11 heteroatoms. The summed E-state index contributed by atoms with van der Waals surface area (Å²) in [5, 5.41) is 9.11. The van der Waals surface area contributed by atoms with Crippen molar-refractivity contribution in [1.29, 1.82) is 0 Å². The second-order valence-corrected chi connectivity index (χ2v) is 7.57. The van der Waals surface area contributed by atoms with Crippen LogP contribution in [0, 0.1) is 0 Å². The van der Waals surface area contributed by atoms with Crippen molar-refractivity contribution >= 4 is 29.0 Å². The van der Waals surface area contributed by atoms with E-state index in [9.17, 15) is 4.79 Å². The number of halogens is 1. The summed E-state index contributed by atoms with van der Waals surface area (Å²) in [5.74, 6) is 8.28. The lowest BCUT2D eigenvalue weighted by Crippen LogP contribution is -2.16. The molecule has 0 spiro atoms. The first-order chi connectivity index (χ1) is 14.5. The van der Waals surface area contributed by atoms with Crippen LogP contribution >= 0.6 is 23.4 Å². The Labute approximate surface area is 180 Å². The fraction of sp³-hybridized carbons (Fsp3) is 0.158. The zero-order chi connectivity index (χ0) is 21.1. The second kappa shape index (κ2) is 8.64. The molecule has 154 valence electrons. The number of ether oxygens (including phenoxy) is 2. The van der Waals surface area contributed by atoms with Crippen LogP contribution in [0.2, 0.25) is 5.02 Å². The standard InChI is InChI=1S/C19H17ClN6O3S/c1-28-14-3-2-4-15(8-14)29-10-17-23-24-19(26(17)21)30-11-13-7-18(27)25-9-12(20)5-6-16(25)22-13/h2-9H,10-11,21H2,1H3. The largest absolute Gasteiger partial charge is 0.497 e. The average Bonchev–Trinajstić information content (AvgIpc) is 3.11. The zero-order valence-corrected chi connectivity index (χ0v) is 17.4. The van der Waals surface area contributed by atoms with Crippen molar-refractivity contribution in [1.82, 2.24) is 24.3 Å². The van der Waals surface area contributed by atoms with Crippen LogP contribution < -0.4 is 20.9 Å². The van der Waals surface area contributed by atoms with Crippen LogP contribution in [-0.4, -0.2) is 31.4 Å². The van der Waals surface area contributed by atoms with E-state index in [4.69, 9.17) is 26.9 Å². The Morgan fingerprint density at radius 2 is 2.00 bits per heavy atom. The van der Waals surface area contributed by atoms with Crippen LogP contribution in [0.4, 0.5) is 0 Å². The van der Waals surface area contributed by atoms with Crippen molar-refractivity contribution in [3.63, 3.8) is 0 Å². The number of fused-ring (bicyclic) bond motifs is 1. The van der Waals surface area contributed by atoms with Gasteiger partial charge in [0.1, 0.15) is 23.8 Å². The van der Waals surface area contributed by atoms with Crippen molar-refractivity contribution in [3.8, 4) is 11.5 Å². The summed E-state index contributed by atoms with van der Waals surface area (Å²) in [4.78, 5) is 16.7. The molecule has 30 heavy (non-hydrogen) atoms. The van der Waals surface area contributed by atoms with Crippen molar-refractivity contribution in [3.05, 3.63) is 75.6 Å². The summed E-state index contributed by atoms with van der Waals surface area (Å²) in [6, 6.07) is 12.1. The Bertz CT molecular complexity index is 1260. The maximum atomic E-state index is 12.3. The lowest BCUT2D eigenvalue weighted by molar-refractivity contribution is 0.289. The number of rotatable bonds is 7. The molecule has 0 aliphatic carbocycles. The molecule has 4 aromatic rings. The Morgan fingerprint density at radius 1 is 1.17 bits per heavy atom. The van der Waals surface area contributed by atoms with Gasteiger partial charge in [-0.15, -0.1) is 10.2 Å². The lowest BCUT2D eigenvalue weighted by Gasteiger charge is -2.08. The summed E-state index contributed by atoms with van der Waals surface area (Å²) in [6.07, 6.45) is 1.54. The minimum Gasteiger partial charge on any atom is -0.497 e. The smallest absolute Gasteiger partial charge is 0.258 e. The number of pyridine rings is 1. The third-order valence-electron chi connectivity index (χ3n) is 4.17. The zero-order valence-electron chi connectivity index (χ0n) is 15.9. The number of methoxy groups -OCH3 is 1. The first-order valence-corrected chi connectivity index (χ1v) is 10.2. The van der Waals surface area contributed by atoms with E-state index in [0.717, 1.165) is 0 Å². The molecule has 0 aliphatic rings. The topological polar surface area (TPSA) is 110 Å². The number of hydrogen-bond acceptors (Lipinski definition) is 8. The molecule has 0 amide bonds. The number of hydrogen-bond donors (Lipinski definition) is 1. The first-order valence-electron chi connectivity index (χ1n) is 8.80. The molecule has 3 aromatic heterocycles. The molecule has 2 N–H and O–H groups in total. The summed E-state index contributed by atoms with van der Waals surface area (Å²) in [5.41, 5.74) is 0.910. The molecule has 0 unspecified atom stereocenters. The van der Waals surface area contributed by atoms with Crippen molar-refractivity contribution in [2.45, 2.75) is 17.5 Å². The minimum absolute atomic E-state index is 0.146. The van der Waals surface area contributed by atoms with Crippen molar-refractivity contribution in [2.75, 3.05) is 13.0 Å². The van der Waals surface area contributed by atoms with Crippen LogP contribution in [0.5, 0.6) is 11.5 Å². The first kappa shape index (κ1) is 20.0. The third kappa shape index (κ3) is 4.34. The van der Waals surface area contributed by atoms with Crippen LogP contribution in [0.3, 0.4) is 0 Å². The third-order valence-corrected chi connectivity index (χ3v) is 5.37. The van der Waals surface area contributed by atoms with Gasteiger partial charge in [0.05, 0.1) is 17.8 Å². The minimum atomic E-state index is -0.209. The molecule has 1 aromatic carbocycles. The normalized spacial score (nSPS) is 11.0. The van der Waals surface area contributed by atoms with E-state index < -0.39 is 0 Å². The van der Waals surface area contributed by atoms with Gasteiger partial charge in [-0.05, 0) is 24.3 Å². The number of aromatic nitrogens is 5. The number of thioether (sulfide) groups is 1. The highest BCUT2D eigenvalue weighted by molar-refractivity contribution is 7.98. The molecule has 0 bridgehead atoms. The van der Waals surface area contributed by atoms with Gasteiger partial charge < -0.3 is 15.3 Å². The van der Waals surface area contributed by atoms with Gasteiger partial charge in [-0.25, -0.2) is 9.66 Å². The number of nitrogens with two attached hydrogens (primary N) is 1. The molecule has 0 saturated heterocycles. The van der Waals surface area contributed by atoms with Gasteiger partial charge in [-0.1, -0.05) is 29.4 Å². The van der Waals surface area contributed by atoms with Crippen LogP contribution in [0.1, 0.15) is 11.5 Å². The molecule has 0 atom stereocenters. The Morgan fingerprint density at radius 3 is 2.83 bits per heavy atom. The maximum Gasteiger partial charge on any atom is 0.258 e. The quantitative estimate of drug-likeness (QED) is 0.342. The van der Waals surface area contributed by atoms with Gasteiger partial charge in [0.15, 0.2) is 5.82 Å². The number of nitrogens with zero attached hydrogens (tertiary/aromatic N) is 5. The van der Waals surface area contributed by atoms with E-state index in [1.165, 1.54) is 33.1 Å². The highest BCUT2D eigenvalue weighted by Crippen LogP contribution is 2.22. The van der Waals surface area contributed by atoms with E-state index >= 15 is 0 Å². The molecule has 4 rings (SSSR count). The maximum absolute atomic E-state index is 12.3. The van der Waals surface area contributed by atoms with Crippen LogP contribution in [-0.2, 0) is 12.4 Å². The summed E-state index contributed by atoms with van der Waals surface area (Å²) in [6.45, 7) is 0.146. The monoisotopic (exact) mass is 444 g/mol. The molecule has 9 nitrogen and oxygen atoms in total. The van der Waals surface area contributed by atoms with Gasteiger partial charge in [-0.2, -0.15) is 0 Å². The average molecular weight is 445 g/mol. The molecular weight excluding hydrogens is 428 g/mol. The summed E-state index contributed by atoms with van der Waals surface area (Å²) >= 11 is 7.25. The Kier molecular flexibility index (Phi) is 5.77. The Hall–Kier alpha value is -3.24. The van der Waals surface area contributed by atoms with E-state index in [1.807, 2.05) is 18.2 Å². The van der Waals surface area contributed by atoms with Crippen LogP contribution in [0.25, 0.3) is 5.65 Å². The SMILES string of the molecule is COc1cccc(OCc2nnc(SCc3cc(=O)n4cc(Cl)ccc4n3)n2N)c1. The molecule has 0 radical (unpaired) electrons. The van der Waals surface area contributed by atoms with Gasteiger partial charge in [0.2, 0.25) is 5.16 Å². The van der Waals surface area contributed by atoms with Crippen molar-refractivity contribution in [2.24, 2.45) is 0 Å². The summed E-state index contributed by atoms with van der Waals surface area (Å²) < 4.78 is 13.6. The van der Waals surface area contributed by atoms with Gasteiger partial charge in [0, 0.05) is 24.1 Å². The fourth-order valence-corrected chi connectivity index (χ4v) is 3.61. The highest BCUT2D eigenvalue weighted by atomic mass is 35.5. The van der Waals surface area contributed by atoms with Gasteiger partial charge in [0.25, 0.3) is 5.56 Å². The Balaban J connectivity index is 1.43. The van der Waals surface area contributed by atoms with Crippen LogP contribution in [0.15, 0.2) is 58.6 Å².